The second-order valence-corrected chi connectivity index (χ2v) is 11.4. The molecule has 0 spiro atoms. The standard InChI is InChI=1S/C31H38F2N6O3/c1-37-12-14-38(15-13-37)29-11-10-23(18-34-29)27-16-25(24-4-2-3-5-26(24)36-27)30(40)35-17-21-6-8-22(9-7-21)19-39(31(41)42)20-28(32)33/h2-5,10-11,16,18,21-22,28H,6-9,12-15,17,19-20H2,1H3,(H,35,40)(H,41,42)/t21-,22-. The number of nitrogens with zero attached hydrogens (tertiary/aromatic N) is 5. The zero-order valence-corrected chi connectivity index (χ0v) is 23.9. The Bertz CT molecular complexity index is 1370. The molecular formula is C31H38F2N6O3. The highest BCUT2D eigenvalue weighted by Crippen LogP contribution is 2.30. The van der Waals surface area contributed by atoms with Crippen molar-refractivity contribution >= 4 is 28.7 Å². The first-order valence-electron chi connectivity index (χ1n) is 14.6. The first-order chi connectivity index (χ1) is 20.3. The molecule has 1 aliphatic heterocycles. The fourth-order valence-electron chi connectivity index (χ4n) is 5.93. The minimum atomic E-state index is -2.69. The molecule has 5 rings (SSSR count). The van der Waals surface area contributed by atoms with E-state index in [1.54, 1.807) is 0 Å². The predicted molar refractivity (Wildman–Crippen MR) is 158 cm³/mol. The summed E-state index contributed by atoms with van der Waals surface area (Å²) in [6.07, 6.45) is 0.921. The zero-order chi connectivity index (χ0) is 29.6. The van der Waals surface area contributed by atoms with Crippen LogP contribution in [0.15, 0.2) is 48.7 Å². The fraction of sp³-hybridized carbons (Fsp3) is 0.484. The van der Waals surface area contributed by atoms with E-state index in [2.05, 4.69) is 22.2 Å². The van der Waals surface area contributed by atoms with Crippen LogP contribution in [-0.2, 0) is 0 Å². The summed E-state index contributed by atoms with van der Waals surface area (Å²) in [6.45, 7) is 3.73. The molecule has 2 N–H and O–H groups in total. The van der Waals surface area contributed by atoms with Crippen LogP contribution in [0.3, 0.4) is 0 Å². The molecule has 0 atom stereocenters. The SMILES string of the molecule is CN1CCN(c2ccc(-c3cc(C(=O)NC[C@H]4CC[C@H](CN(CC(F)F)C(=O)O)CC4)c4ccccc4n3)cn2)CC1. The molecule has 1 saturated heterocycles. The number of piperazine rings is 1. The number of hydrogen-bond acceptors (Lipinski definition) is 6. The maximum atomic E-state index is 13.5. The molecular weight excluding hydrogens is 542 g/mol. The first-order valence-corrected chi connectivity index (χ1v) is 14.6. The van der Waals surface area contributed by atoms with Crippen LogP contribution < -0.4 is 10.2 Å². The van der Waals surface area contributed by atoms with E-state index in [4.69, 9.17) is 9.97 Å². The molecule has 3 aromatic rings. The number of hydrogen-bond donors (Lipinski definition) is 2. The van der Waals surface area contributed by atoms with Crippen LogP contribution in [0.4, 0.5) is 19.4 Å². The van der Waals surface area contributed by atoms with Crippen molar-refractivity contribution in [1.82, 2.24) is 25.1 Å². The number of rotatable bonds is 9. The quantitative estimate of drug-likeness (QED) is 0.374. The normalized spacial score (nSPS) is 19.7. The lowest BCUT2D eigenvalue weighted by Crippen LogP contribution is -2.44. The summed E-state index contributed by atoms with van der Waals surface area (Å²) >= 11 is 0. The van der Waals surface area contributed by atoms with Crippen LogP contribution in [0.2, 0.25) is 0 Å². The summed E-state index contributed by atoms with van der Waals surface area (Å²) in [5.41, 5.74) is 2.81. The lowest BCUT2D eigenvalue weighted by molar-refractivity contribution is 0.0676. The minimum absolute atomic E-state index is 0.0507. The molecule has 42 heavy (non-hydrogen) atoms. The van der Waals surface area contributed by atoms with Crippen LogP contribution in [-0.4, -0.2) is 96.2 Å². The number of nitrogens with one attached hydrogen (secondary N) is 1. The van der Waals surface area contributed by atoms with Crippen LogP contribution in [0.1, 0.15) is 36.0 Å². The molecule has 0 unspecified atom stereocenters. The average Bonchev–Trinajstić information content (AvgIpc) is 3.00. The van der Waals surface area contributed by atoms with Crippen molar-refractivity contribution in [3.63, 3.8) is 0 Å². The summed E-state index contributed by atoms with van der Waals surface area (Å²) in [5, 5.41) is 13.1. The van der Waals surface area contributed by atoms with E-state index in [0.717, 1.165) is 79.0 Å². The number of amides is 2. The second-order valence-electron chi connectivity index (χ2n) is 11.4. The number of para-hydroxylation sites is 1. The largest absolute Gasteiger partial charge is 0.465 e. The van der Waals surface area contributed by atoms with Gasteiger partial charge in [0.25, 0.3) is 12.3 Å². The van der Waals surface area contributed by atoms with E-state index in [0.29, 0.717) is 17.8 Å². The number of pyridine rings is 2. The molecule has 2 amide bonds. The number of fused-ring (bicyclic) bond motifs is 1. The number of likely N-dealkylation sites (N-methyl/N-ethyl adjacent to an activating group) is 1. The summed E-state index contributed by atoms with van der Waals surface area (Å²) in [6, 6.07) is 13.4. The molecule has 3 heterocycles. The number of benzene rings is 1. The molecule has 2 aliphatic rings. The van der Waals surface area contributed by atoms with Gasteiger partial charge in [0.05, 0.1) is 23.3 Å². The monoisotopic (exact) mass is 580 g/mol. The van der Waals surface area contributed by atoms with Gasteiger partial charge in [-0.05, 0) is 68.8 Å². The molecule has 2 aromatic heterocycles. The number of carboxylic acid groups (broad SMARTS) is 1. The summed E-state index contributed by atoms with van der Waals surface area (Å²) < 4.78 is 25.5. The van der Waals surface area contributed by atoms with Crippen molar-refractivity contribution in [2.24, 2.45) is 11.8 Å². The highest BCUT2D eigenvalue weighted by molar-refractivity contribution is 6.07. The Kier molecular flexibility index (Phi) is 9.46. The van der Waals surface area contributed by atoms with Crippen LogP contribution in [0.5, 0.6) is 0 Å². The summed E-state index contributed by atoms with van der Waals surface area (Å²) in [4.78, 5) is 39.7. The fourth-order valence-corrected chi connectivity index (χ4v) is 5.93. The van der Waals surface area contributed by atoms with Crippen molar-refractivity contribution in [3.8, 4) is 11.3 Å². The van der Waals surface area contributed by atoms with Crippen molar-refractivity contribution in [1.29, 1.82) is 0 Å². The maximum absolute atomic E-state index is 13.5. The number of halogens is 2. The molecule has 1 aromatic carbocycles. The number of carbonyl (C=O) groups excluding carboxylic acids is 1. The van der Waals surface area contributed by atoms with Gasteiger partial charge in [-0.25, -0.2) is 23.5 Å². The van der Waals surface area contributed by atoms with Crippen molar-refractivity contribution in [3.05, 3.63) is 54.2 Å². The third kappa shape index (κ3) is 7.31. The van der Waals surface area contributed by atoms with Gasteiger partial charge in [0, 0.05) is 56.4 Å². The molecule has 224 valence electrons. The van der Waals surface area contributed by atoms with Gasteiger partial charge < -0.3 is 25.1 Å². The van der Waals surface area contributed by atoms with E-state index in [9.17, 15) is 23.5 Å². The van der Waals surface area contributed by atoms with Crippen molar-refractivity contribution in [2.45, 2.75) is 32.1 Å². The van der Waals surface area contributed by atoms with E-state index in [-0.39, 0.29) is 24.3 Å². The Morgan fingerprint density at radius 1 is 1.05 bits per heavy atom. The van der Waals surface area contributed by atoms with Crippen LogP contribution >= 0.6 is 0 Å². The predicted octanol–water partition coefficient (Wildman–Crippen LogP) is 4.83. The van der Waals surface area contributed by atoms with E-state index >= 15 is 0 Å². The number of anilines is 1. The third-order valence-electron chi connectivity index (χ3n) is 8.46. The molecule has 9 nitrogen and oxygen atoms in total. The lowest BCUT2D eigenvalue weighted by Gasteiger charge is -2.33. The van der Waals surface area contributed by atoms with Gasteiger partial charge in [-0.15, -0.1) is 0 Å². The number of alkyl halides is 2. The molecule has 0 bridgehead atoms. The zero-order valence-electron chi connectivity index (χ0n) is 23.9. The van der Waals surface area contributed by atoms with Gasteiger partial charge in [0.2, 0.25) is 0 Å². The molecule has 1 saturated carbocycles. The van der Waals surface area contributed by atoms with E-state index < -0.39 is 19.1 Å². The second kappa shape index (κ2) is 13.4. The first kappa shape index (κ1) is 29.6. The van der Waals surface area contributed by atoms with Crippen LogP contribution in [0, 0.1) is 11.8 Å². The van der Waals surface area contributed by atoms with Gasteiger partial charge in [0.1, 0.15) is 5.82 Å². The minimum Gasteiger partial charge on any atom is -0.465 e. The summed E-state index contributed by atoms with van der Waals surface area (Å²) in [5.74, 6) is 1.06. The Balaban J connectivity index is 1.22. The Hall–Kier alpha value is -3.86. The molecule has 0 radical (unpaired) electrons. The maximum Gasteiger partial charge on any atom is 0.407 e. The smallest absolute Gasteiger partial charge is 0.407 e. The summed E-state index contributed by atoms with van der Waals surface area (Å²) in [7, 11) is 2.12. The van der Waals surface area contributed by atoms with Gasteiger partial charge in [-0.2, -0.15) is 0 Å². The van der Waals surface area contributed by atoms with Crippen molar-refractivity contribution < 1.29 is 23.5 Å². The van der Waals surface area contributed by atoms with Gasteiger partial charge in [-0.3, -0.25) is 4.79 Å². The number of aromatic nitrogens is 2. The lowest BCUT2D eigenvalue weighted by atomic mass is 9.81. The average molecular weight is 581 g/mol. The van der Waals surface area contributed by atoms with Gasteiger partial charge >= 0.3 is 6.09 Å². The highest BCUT2D eigenvalue weighted by atomic mass is 19.3. The van der Waals surface area contributed by atoms with Gasteiger partial charge in [0.15, 0.2) is 0 Å². The topological polar surface area (TPSA) is 102 Å². The van der Waals surface area contributed by atoms with Gasteiger partial charge in [-0.1, -0.05) is 18.2 Å². The number of carbonyl (C=O) groups is 2. The molecule has 2 fully saturated rings. The Morgan fingerprint density at radius 3 is 2.43 bits per heavy atom. The van der Waals surface area contributed by atoms with E-state index in [1.165, 1.54) is 0 Å². The highest BCUT2D eigenvalue weighted by Gasteiger charge is 2.27. The molecule has 1 aliphatic carbocycles. The Morgan fingerprint density at radius 2 is 1.76 bits per heavy atom. The third-order valence-corrected chi connectivity index (χ3v) is 8.46. The van der Waals surface area contributed by atoms with E-state index in [1.807, 2.05) is 48.7 Å². The van der Waals surface area contributed by atoms with Crippen LogP contribution in [0.25, 0.3) is 22.2 Å². The molecule has 11 heteroatoms. The van der Waals surface area contributed by atoms with Crippen molar-refractivity contribution in [2.75, 3.05) is 57.8 Å². The Labute approximate surface area is 244 Å².